The Morgan fingerprint density at radius 2 is 1.86 bits per heavy atom. The van der Waals surface area contributed by atoms with Crippen LogP contribution in [0.2, 0.25) is 0 Å². The van der Waals surface area contributed by atoms with E-state index in [2.05, 4.69) is 11.4 Å². The van der Waals surface area contributed by atoms with Crippen molar-refractivity contribution in [2.75, 3.05) is 6.61 Å². The van der Waals surface area contributed by atoms with Crippen molar-refractivity contribution in [2.45, 2.75) is 46.0 Å². The second kappa shape index (κ2) is 7.16. The number of unbranched alkanes of at least 4 members (excludes halogenated alkanes) is 4. The van der Waals surface area contributed by atoms with Crippen LogP contribution in [0.25, 0.3) is 0 Å². The molecule has 0 saturated carbocycles. The molecule has 0 aliphatic carbocycles. The van der Waals surface area contributed by atoms with E-state index >= 15 is 0 Å². The van der Waals surface area contributed by atoms with Gasteiger partial charge in [-0.25, -0.2) is 0 Å². The van der Waals surface area contributed by atoms with Gasteiger partial charge in [0.15, 0.2) is 0 Å². The smallest absolute Gasteiger partial charge is 0.319 e. The molecule has 1 N–H and O–H groups in total. The quantitative estimate of drug-likeness (QED) is 0.506. The molecule has 0 rings (SSSR count). The number of carbonyl (C=O) groups is 1. The van der Waals surface area contributed by atoms with E-state index < -0.39 is 13.1 Å². The van der Waals surface area contributed by atoms with Crippen LogP contribution in [0, 0.1) is 0 Å². The second-order valence-electron chi connectivity index (χ2n) is 3.29. The molecule has 14 heavy (non-hydrogen) atoms. The van der Waals surface area contributed by atoms with E-state index in [1.54, 1.807) is 0 Å². The van der Waals surface area contributed by atoms with Crippen molar-refractivity contribution >= 4 is 13.1 Å². The van der Waals surface area contributed by atoms with Crippen molar-refractivity contribution in [3.05, 3.63) is 0 Å². The standard InChI is InChI=1S/C9H19O4P/c1-3-4-5-6-7-8-13-14(11,12)9(2)10/h3-8H2,1-2H3,(H,11,12). The molecule has 1 unspecified atom stereocenters. The van der Waals surface area contributed by atoms with Crippen LogP contribution in [-0.2, 0) is 13.9 Å². The van der Waals surface area contributed by atoms with Gasteiger partial charge < -0.3 is 9.42 Å². The van der Waals surface area contributed by atoms with Gasteiger partial charge in [-0.05, 0) is 6.42 Å². The lowest BCUT2D eigenvalue weighted by Gasteiger charge is -2.07. The van der Waals surface area contributed by atoms with E-state index in [-0.39, 0.29) is 6.61 Å². The Balaban J connectivity index is 3.45. The summed E-state index contributed by atoms with van der Waals surface area (Å²) in [6, 6.07) is 0. The van der Waals surface area contributed by atoms with Crippen LogP contribution in [0.15, 0.2) is 0 Å². The Bertz CT molecular complexity index is 215. The zero-order valence-corrected chi connectivity index (χ0v) is 9.76. The number of hydrogen-bond donors (Lipinski definition) is 1. The maximum absolute atomic E-state index is 11.0. The minimum Gasteiger partial charge on any atom is -0.319 e. The van der Waals surface area contributed by atoms with E-state index in [1.165, 1.54) is 6.42 Å². The molecule has 1 atom stereocenters. The van der Waals surface area contributed by atoms with Crippen LogP contribution in [0.1, 0.15) is 46.0 Å². The summed E-state index contributed by atoms with van der Waals surface area (Å²) in [4.78, 5) is 19.6. The summed E-state index contributed by atoms with van der Waals surface area (Å²) in [5, 5.41) is 0. The van der Waals surface area contributed by atoms with E-state index in [0.717, 1.165) is 32.6 Å². The van der Waals surface area contributed by atoms with Gasteiger partial charge in [-0.15, -0.1) is 0 Å². The van der Waals surface area contributed by atoms with Gasteiger partial charge in [-0.3, -0.25) is 9.36 Å². The lowest BCUT2D eigenvalue weighted by molar-refractivity contribution is -0.111. The van der Waals surface area contributed by atoms with Crippen molar-refractivity contribution in [2.24, 2.45) is 0 Å². The molecule has 0 saturated heterocycles. The first-order valence-electron chi connectivity index (χ1n) is 4.99. The monoisotopic (exact) mass is 222 g/mol. The Labute approximate surface area is 85.2 Å². The van der Waals surface area contributed by atoms with E-state index in [9.17, 15) is 9.36 Å². The molecule has 0 amide bonds. The second-order valence-corrected chi connectivity index (χ2v) is 5.22. The molecule has 0 bridgehead atoms. The summed E-state index contributed by atoms with van der Waals surface area (Å²) in [5.41, 5.74) is -0.786. The minimum atomic E-state index is -3.96. The predicted molar refractivity (Wildman–Crippen MR) is 55.2 cm³/mol. The van der Waals surface area contributed by atoms with Crippen LogP contribution in [-0.4, -0.2) is 17.0 Å². The van der Waals surface area contributed by atoms with Gasteiger partial charge in [0.05, 0.1) is 6.61 Å². The maximum atomic E-state index is 11.0. The van der Waals surface area contributed by atoms with Gasteiger partial charge in [-0.1, -0.05) is 32.6 Å². The van der Waals surface area contributed by atoms with Crippen LogP contribution >= 0.6 is 7.60 Å². The molecule has 84 valence electrons. The summed E-state index contributed by atoms with van der Waals surface area (Å²) < 4.78 is 15.6. The van der Waals surface area contributed by atoms with Gasteiger partial charge in [-0.2, -0.15) is 0 Å². The number of rotatable bonds is 8. The fraction of sp³-hybridized carbons (Fsp3) is 0.889. The Morgan fingerprint density at radius 3 is 2.36 bits per heavy atom. The molecule has 0 aliphatic heterocycles. The summed E-state index contributed by atoms with van der Waals surface area (Å²) in [6.07, 6.45) is 5.15. The molecule has 4 nitrogen and oxygen atoms in total. The zero-order valence-electron chi connectivity index (χ0n) is 8.86. The maximum Gasteiger partial charge on any atom is 0.393 e. The summed E-state index contributed by atoms with van der Waals surface area (Å²) in [7, 11) is -3.96. The van der Waals surface area contributed by atoms with Crippen LogP contribution in [0.5, 0.6) is 0 Å². The molecular weight excluding hydrogens is 203 g/mol. The molecule has 5 heteroatoms. The molecule has 0 fully saturated rings. The molecule has 0 radical (unpaired) electrons. The predicted octanol–water partition coefficient (Wildman–Crippen LogP) is 2.71. The Hall–Kier alpha value is -0.180. The van der Waals surface area contributed by atoms with Crippen LogP contribution < -0.4 is 0 Å². The highest BCUT2D eigenvalue weighted by molar-refractivity contribution is 7.70. The first-order valence-corrected chi connectivity index (χ1v) is 6.57. The fourth-order valence-electron chi connectivity index (χ4n) is 0.985. The van der Waals surface area contributed by atoms with Crippen molar-refractivity contribution in [3.8, 4) is 0 Å². The first kappa shape index (κ1) is 13.8. The van der Waals surface area contributed by atoms with E-state index in [0.29, 0.717) is 0 Å². The molecule has 0 heterocycles. The Kier molecular flexibility index (Phi) is 7.06. The molecule has 0 spiro atoms. The van der Waals surface area contributed by atoms with Crippen LogP contribution in [0.3, 0.4) is 0 Å². The first-order chi connectivity index (χ1) is 6.50. The topological polar surface area (TPSA) is 63.6 Å². The largest absolute Gasteiger partial charge is 0.393 e. The van der Waals surface area contributed by atoms with E-state index in [1.807, 2.05) is 0 Å². The average Bonchev–Trinajstić information content (AvgIpc) is 2.10. The summed E-state index contributed by atoms with van der Waals surface area (Å²) in [6.45, 7) is 3.38. The molecule has 0 aromatic carbocycles. The van der Waals surface area contributed by atoms with Gasteiger partial charge in [0.25, 0.3) is 0 Å². The minimum absolute atomic E-state index is 0.192. The van der Waals surface area contributed by atoms with Gasteiger partial charge in [0, 0.05) is 6.92 Å². The molecule has 0 aromatic heterocycles. The lowest BCUT2D eigenvalue weighted by Crippen LogP contribution is -1.99. The van der Waals surface area contributed by atoms with E-state index in [4.69, 9.17) is 4.89 Å². The third-order valence-corrected chi connectivity index (χ3v) is 3.24. The van der Waals surface area contributed by atoms with Crippen molar-refractivity contribution in [3.63, 3.8) is 0 Å². The normalized spacial score (nSPS) is 15.1. The Morgan fingerprint density at radius 1 is 1.29 bits per heavy atom. The van der Waals surface area contributed by atoms with Crippen molar-refractivity contribution < 1.29 is 18.8 Å². The molecule has 0 aliphatic rings. The summed E-state index contributed by atoms with van der Waals surface area (Å²) >= 11 is 0. The zero-order chi connectivity index (χ0) is 11.0. The van der Waals surface area contributed by atoms with Gasteiger partial charge in [0.2, 0.25) is 5.52 Å². The third kappa shape index (κ3) is 6.30. The average molecular weight is 222 g/mol. The highest BCUT2D eigenvalue weighted by Gasteiger charge is 2.25. The van der Waals surface area contributed by atoms with Crippen LogP contribution in [0.4, 0.5) is 0 Å². The fourth-order valence-corrected chi connectivity index (χ4v) is 1.54. The molecule has 0 aromatic rings. The van der Waals surface area contributed by atoms with Crippen molar-refractivity contribution in [1.82, 2.24) is 0 Å². The van der Waals surface area contributed by atoms with Gasteiger partial charge in [0.1, 0.15) is 0 Å². The summed E-state index contributed by atoms with van der Waals surface area (Å²) in [5.74, 6) is 0. The number of hydrogen-bond acceptors (Lipinski definition) is 3. The molecular formula is C9H19O4P. The van der Waals surface area contributed by atoms with Crippen molar-refractivity contribution in [1.29, 1.82) is 0 Å². The highest BCUT2D eigenvalue weighted by Crippen LogP contribution is 2.42. The number of carbonyl (C=O) groups excluding carboxylic acids is 1. The lowest BCUT2D eigenvalue weighted by atomic mass is 10.2. The highest BCUT2D eigenvalue weighted by atomic mass is 31.2. The van der Waals surface area contributed by atoms with Gasteiger partial charge >= 0.3 is 7.60 Å². The third-order valence-electron chi connectivity index (χ3n) is 1.91. The SMILES string of the molecule is CCCCCCCOP(=O)(O)C(C)=O.